The van der Waals surface area contributed by atoms with Gasteiger partial charge in [0.2, 0.25) is 0 Å². The fraction of sp³-hybridized carbons (Fsp3) is 0.667. The van der Waals surface area contributed by atoms with Gasteiger partial charge in [0.05, 0.1) is 0 Å². The number of hydrogen-bond acceptors (Lipinski definition) is 3. The van der Waals surface area contributed by atoms with E-state index in [0.29, 0.717) is 6.04 Å². The highest BCUT2D eigenvalue weighted by Crippen LogP contribution is 2.34. The number of rotatable bonds is 8. The molecule has 0 aliphatic carbocycles. The Kier molecular flexibility index (Phi) is 6.22. The summed E-state index contributed by atoms with van der Waals surface area (Å²) < 4.78 is 0. The van der Waals surface area contributed by atoms with Gasteiger partial charge in [-0.15, -0.1) is 0 Å². The van der Waals surface area contributed by atoms with Gasteiger partial charge in [0.1, 0.15) is 0 Å². The Balaban J connectivity index is 1.86. The Morgan fingerprint density at radius 1 is 1.24 bits per heavy atom. The highest BCUT2D eigenvalue weighted by molar-refractivity contribution is 5.40. The van der Waals surface area contributed by atoms with Gasteiger partial charge in [-0.25, -0.2) is 0 Å². The van der Waals surface area contributed by atoms with E-state index in [1.54, 1.807) is 0 Å². The van der Waals surface area contributed by atoms with Gasteiger partial charge in [0, 0.05) is 19.1 Å². The third-order valence-electron chi connectivity index (χ3n) is 4.89. The fourth-order valence-corrected chi connectivity index (χ4v) is 3.46. The second-order valence-corrected chi connectivity index (χ2v) is 6.10. The average molecular weight is 289 g/mol. The largest absolute Gasteiger partial charge is 0.329 e. The first kappa shape index (κ1) is 16.5. The number of nitrogens with two attached hydrogens (primary N) is 1. The second-order valence-electron chi connectivity index (χ2n) is 6.10. The van der Waals surface area contributed by atoms with Gasteiger partial charge in [-0.2, -0.15) is 0 Å². The molecular weight excluding hydrogens is 258 g/mol. The van der Waals surface area contributed by atoms with Crippen LogP contribution in [-0.2, 0) is 6.54 Å². The molecule has 2 rings (SSSR count). The van der Waals surface area contributed by atoms with Gasteiger partial charge in [-0.1, -0.05) is 32.0 Å². The van der Waals surface area contributed by atoms with Crippen LogP contribution >= 0.6 is 0 Å². The van der Waals surface area contributed by atoms with E-state index in [-0.39, 0.29) is 0 Å². The first-order valence-corrected chi connectivity index (χ1v) is 8.46. The van der Waals surface area contributed by atoms with Crippen LogP contribution < -0.4 is 5.73 Å². The van der Waals surface area contributed by atoms with Gasteiger partial charge < -0.3 is 10.6 Å². The summed E-state index contributed by atoms with van der Waals surface area (Å²) in [7, 11) is 0. The van der Waals surface area contributed by atoms with Crippen molar-refractivity contribution in [3.8, 4) is 0 Å². The molecule has 21 heavy (non-hydrogen) atoms. The van der Waals surface area contributed by atoms with Crippen molar-refractivity contribution in [2.24, 2.45) is 5.73 Å². The zero-order valence-corrected chi connectivity index (χ0v) is 13.9. The molecular formula is C18H31N3. The Bertz CT molecular complexity index is 440. The van der Waals surface area contributed by atoms with E-state index < -0.39 is 0 Å². The van der Waals surface area contributed by atoms with Crippen LogP contribution in [0, 0.1) is 6.92 Å². The second kappa shape index (κ2) is 7.92. The van der Waals surface area contributed by atoms with Gasteiger partial charge in [0.25, 0.3) is 0 Å². The van der Waals surface area contributed by atoms with E-state index in [0.717, 1.165) is 32.7 Å². The normalized spacial score (nSPS) is 18.4. The molecule has 3 nitrogen and oxygen atoms in total. The Hall–Kier alpha value is -0.900. The molecule has 0 saturated carbocycles. The quantitative estimate of drug-likeness (QED) is 0.747. The maximum atomic E-state index is 6.03. The smallest absolute Gasteiger partial charge is 0.0477 e. The van der Waals surface area contributed by atoms with E-state index >= 15 is 0 Å². The van der Waals surface area contributed by atoms with E-state index in [9.17, 15) is 0 Å². The molecule has 1 heterocycles. The van der Waals surface area contributed by atoms with Crippen LogP contribution in [0.3, 0.4) is 0 Å². The molecule has 1 aliphatic rings. The zero-order chi connectivity index (χ0) is 15.2. The molecule has 1 aromatic rings. The molecule has 0 spiro atoms. The summed E-state index contributed by atoms with van der Waals surface area (Å²) >= 11 is 0. The van der Waals surface area contributed by atoms with Crippen molar-refractivity contribution in [1.29, 1.82) is 0 Å². The number of benzene rings is 1. The monoisotopic (exact) mass is 289 g/mol. The molecule has 2 N–H and O–H groups in total. The molecule has 0 fully saturated rings. The number of fused-ring (bicyclic) bond motifs is 1. The van der Waals surface area contributed by atoms with Crippen LogP contribution in [-0.4, -0.2) is 42.5 Å². The van der Waals surface area contributed by atoms with Crippen LogP contribution in [0.25, 0.3) is 0 Å². The minimum Gasteiger partial charge on any atom is -0.329 e. The lowest BCUT2D eigenvalue weighted by atomic mass is 10.0. The van der Waals surface area contributed by atoms with E-state index in [1.165, 1.54) is 36.1 Å². The molecule has 1 unspecified atom stereocenters. The molecule has 0 aromatic heterocycles. The third kappa shape index (κ3) is 3.85. The number of aryl methyl sites for hydroxylation is 1. The van der Waals surface area contributed by atoms with Crippen molar-refractivity contribution in [1.82, 2.24) is 9.80 Å². The first-order valence-electron chi connectivity index (χ1n) is 8.46. The molecule has 1 aliphatic heterocycles. The zero-order valence-electron chi connectivity index (χ0n) is 13.9. The van der Waals surface area contributed by atoms with Crippen molar-refractivity contribution in [3.63, 3.8) is 0 Å². The van der Waals surface area contributed by atoms with Crippen LogP contribution in [0.2, 0.25) is 0 Å². The fourth-order valence-electron chi connectivity index (χ4n) is 3.46. The summed E-state index contributed by atoms with van der Waals surface area (Å²) in [5.41, 5.74) is 10.4. The molecule has 1 atom stereocenters. The van der Waals surface area contributed by atoms with E-state index in [1.807, 2.05) is 0 Å². The molecule has 118 valence electrons. The van der Waals surface area contributed by atoms with Gasteiger partial charge >= 0.3 is 0 Å². The number of unbranched alkanes of at least 4 members (excludes halogenated alkanes) is 1. The summed E-state index contributed by atoms with van der Waals surface area (Å²) in [6, 6.07) is 7.07. The van der Waals surface area contributed by atoms with Crippen LogP contribution in [0.5, 0.6) is 0 Å². The van der Waals surface area contributed by atoms with Crippen LogP contribution in [0.1, 0.15) is 49.4 Å². The van der Waals surface area contributed by atoms with Gasteiger partial charge in [0.15, 0.2) is 0 Å². The molecule has 0 saturated heterocycles. The minimum atomic E-state index is 0.424. The van der Waals surface area contributed by atoms with Gasteiger partial charge in [-0.3, -0.25) is 4.90 Å². The predicted octanol–water partition coefficient (Wildman–Crippen LogP) is 2.93. The standard InChI is InChI=1S/C18H31N3/c1-4-20(5-2)11-6-7-12-21-14-17-15(3)9-8-10-16(17)18(21)13-19/h8-10,18H,4-7,11-14,19H2,1-3H3. The van der Waals surface area contributed by atoms with Crippen molar-refractivity contribution >= 4 is 0 Å². The van der Waals surface area contributed by atoms with Gasteiger partial charge in [-0.05, 0) is 62.6 Å². The Morgan fingerprint density at radius 2 is 2.00 bits per heavy atom. The molecule has 0 amide bonds. The number of hydrogen-bond donors (Lipinski definition) is 1. The third-order valence-corrected chi connectivity index (χ3v) is 4.89. The Labute approximate surface area is 130 Å². The van der Waals surface area contributed by atoms with Crippen molar-refractivity contribution in [2.45, 2.75) is 46.2 Å². The molecule has 3 heteroatoms. The lowest BCUT2D eigenvalue weighted by Crippen LogP contribution is -2.30. The minimum absolute atomic E-state index is 0.424. The van der Waals surface area contributed by atoms with E-state index in [4.69, 9.17) is 5.73 Å². The Morgan fingerprint density at radius 3 is 2.67 bits per heavy atom. The maximum Gasteiger partial charge on any atom is 0.0477 e. The summed E-state index contributed by atoms with van der Waals surface area (Å²) in [4.78, 5) is 5.07. The SMILES string of the molecule is CCN(CC)CCCCN1Cc2c(C)cccc2C1CN. The molecule has 0 radical (unpaired) electrons. The average Bonchev–Trinajstić information content (AvgIpc) is 2.86. The highest BCUT2D eigenvalue weighted by Gasteiger charge is 2.29. The van der Waals surface area contributed by atoms with Crippen molar-refractivity contribution in [3.05, 3.63) is 34.9 Å². The summed E-state index contributed by atoms with van der Waals surface area (Å²) in [6.07, 6.45) is 2.55. The summed E-state index contributed by atoms with van der Waals surface area (Å²) in [5, 5.41) is 0. The lowest BCUT2D eigenvalue weighted by Gasteiger charge is -2.24. The summed E-state index contributed by atoms with van der Waals surface area (Å²) in [6.45, 7) is 13.2. The predicted molar refractivity (Wildman–Crippen MR) is 90.4 cm³/mol. The van der Waals surface area contributed by atoms with Crippen molar-refractivity contribution < 1.29 is 0 Å². The molecule has 1 aromatic carbocycles. The van der Waals surface area contributed by atoms with Crippen LogP contribution in [0.4, 0.5) is 0 Å². The van der Waals surface area contributed by atoms with Crippen LogP contribution in [0.15, 0.2) is 18.2 Å². The lowest BCUT2D eigenvalue weighted by molar-refractivity contribution is 0.208. The first-order chi connectivity index (χ1) is 10.2. The topological polar surface area (TPSA) is 32.5 Å². The maximum absolute atomic E-state index is 6.03. The van der Waals surface area contributed by atoms with Crippen molar-refractivity contribution in [2.75, 3.05) is 32.7 Å². The van der Waals surface area contributed by atoms with E-state index in [2.05, 4.69) is 48.8 Å². The highest BCUT2D eigenvalue weighted by atomic mass is 15.2. The summed E-state index contributed by atoms with van der Waals surface area (Å²) in [5.74, 6) is 0. The molecule has 0 bridgehead atoms. The number of nitrogens with zero attached hydrogens (tertiary/aromatic N) is 2.